The third kappa shape index (κ3) is 2.51. The van der Waals surface area contributed by atoms with Gasteiger partial charge in [0.15, 0.2) is 0 Å². The van der Waals surface area contributed by atoms with Crippen LogP contribution in [0.4, 0.5) is 0 Å². The average Bonchev–Trinajstić information content (AvgIpc) is 2.89. The zero-order chi connectivity index (χ0) is 15.9. The predicted molar refractivity (Wildman–Crippen MR) is 87.3 cm³/mol. The van der Waals surface area contributed by atoms with Crippen LogP contribution in [0.25, 0.3) is 22.2 Å². The molecule has 0 aliphatic carbocycles. The van der Waals surface area contributed by atoms with E-state index in [4.69, 9.17) is 33.0 Å². The summed E-state index contributed by atoms with van der Waals surface area (Å²) in [4.78, 5) is 14.3. The number of halogens is 2. The van der Waals surface area contributed by atoms with Crippen molar-refractivity contribution < 1.29 is 14.6 Å². The molecule has 2 N–H and O–H groups in total. The monoisotopic (exact) mass is 335 g/mol. The Balaban J connectivity index is 2.16. The van der Waals surface area contributed by atoms with Crippen molar-refractivity contribution in [2.45, 2.75) is 0 Å². The van der Waals surface area contributed by atoms with E-state index in [0.29, 0.717) is 15.8 Å². The molecule has 0 saturated carbocycles. The summed E-state index contributed by atoms with van der Waals surface area (Å²) in [5, 5.41) is 10.9. The Morgan fingerprint density at radius 2 is 1.86 bits per heavy atom. The maximum Gasteiger partial charge on any atom is 0.335 e. The summed E-state index contributed by atoms with van der Waals surface area (Å²) in [5.41, 5.74) is 2.56. The molecule has 0 aliphatic heterocycles. The van der Waals surface area contributed by atoms with Crippen LogP contribution in [0.2, 0.25) is 10.0 Å². The standard InChI is InChI=1S/C16H11Cl2NO3/c1-22-15-6-8(16(20)21)2-3-10(15)14-5-9-4-11(17)12(18)7-13(9)19-14/h2-7,19H,1H3,(H,20,21). The van der Waals surface area contributed by atoms with Gasteiger partial charge in [-0.05, 0) is 36.4 Å². The number of aromatic nitrogens is 1. The smallest absolute Gasteiger partial charge is 0.335 e. The first-order chi connectivity index (χ1) is 10.5. The molecular formula is C16H11Cl2NO3. The minimum absolute atomic E-state index is 0.169. The van der Waals surface area contributed by atoms with Crippen LogP contribution >= 0.6 is 23.2 Å². The topological polar surface area (TPSA) is 62.3 Å². The van der Waals surface area contributed by atoms with Crippen LogP contribution in [0.5, 0.6) is 5.75 Å². The van der Waals surface area contributed by atoms with Gasteiger partial charge in [0.2, 0.25) is 0 Å². The molecule has 0 aliphatic rings. The fourth-order valence-electron chi connectivity index (χ4n) is 2.32. The van der Waals surface area contributed by atoms with E-state index in [0.717, 1.165) is 22.2 Å². The summed E-state index contributed by atoms with van der Waals surface area (Å²) in [6.45, 7) is 0. The SMILES string of the molecule is COc1cc(C(=O)O)ccc1-c1cc2cc(Cl)c(Cl)cc2[nH]1. The molecule has 0 amide bonds. The average molecular weight is 336 g/mol. The van der Waals surface area contributed by atoms with Gasteiger partial charge in [-0.3, -0.25) is 0 Å². The molecule has 0 radical (unpaired) electrons. The van der Waals surface area contributed by atoms with E-state index in [-0.39, 0.29) is 5.56 Å². The van der Waals surface area contributed by atoms with E-state index >= 15 is 0 Å². The van der Waals surface area contributed by atoms with Gasteiger partial charge in [-0.2, -0.15) is 0 Å². The first-order valence-electron chi connectivity index (χ1n) is 6.39. The molecule has 1 aromatic heterocycles. The fraction of sp³-hybridized carbons (Fsp3) is 0.0625. The van der Waals surface area contributed by atoms with Crippen LogP contribution in [0.1, 0.15) is 10.4 Å². The predicted octanol–water partition coefficient (Wildman–Crippen LogP) is 4.85. The number of benzene rings is 2. The lowest BCUT2D eigenvalue weighted by atomic mass is 10.1. The Morgan fingerprint density at radius 3 is 2.55 bits per heavy atom. The Morgan fingerprint density at radius 1 is 1.14 bits per heavy atom. The number of hydrogen-bond donors (Lipinski definition) is 2. The molecule has 0 fully saturated rings. The number of carbonyl (C=O) groups is 1. The van der Waals surface area contributed by atoms with Crippen LogP contribution in [-0.4, -0.2) is 23.2 Å². The molecule has 0 bridgehead atoms. The number of aromatic carboxylic acids is 1. The van der Waals surface area contributed by atoms with Gasteiger partial charge in [0, 0.05) is 16.5 Å². The second kappa shape index (κ2) is 5.55. The second-order valence-electron chi connectivity index (χ2n) is 4.76. The molecule has 3 rings (SSSR count). The second-order valence-corrected chi connectivity index (χ2v) is 5.57. The van der Waals surface area contributed by atoms with Crippen molar-refractivity contribution in [2.75, 3.05) is 7.11 Å². The van der Waals surface area contributed by atoms with Crippen LogP contribution in [-0.2, 0) is 0 Å². The van der Waals surface area contributed by atoms with Crippen molar-refractivity contribution in [3.63, 3.8) is 0 Å². The Kier molecular flexibility index (Phi) is 3.72. The quantitative estimate of drug-likeness (QED) is 0.719. The highest BCUT2D eigenvalue weighted by molar-refractivity contribution is 6.42. The van der Waals surface area contributed by atoms with Crippen molar-refractivity contribution >= 4 is 40.1 Å². The molecule has 4 nitrogen and oxygen atoms in total. The molecule has 0 atom stereocenters. The van der Waals surface area contributed by atoms with Gasteiger partial charge >= 0.3 is 5.97 Å². The zero-order valence-electron chi connectivity index (χ0n) is 11.5. The van der Waals surface area contributed by atoms with E-state index in [1.807, 2.05) is 6.07 Å². The molecule has 3 aromatic rings. The van der Waals surface area contributed by atoms with Crippen LogP contribution < -0.4 is 4.74 Å². The molecule has 6 heteroatoms. The lowest BCUT2D eigenvalue weighted by Crippen LogP contribution is -1.98. The van der Waals surface area contributed by atoms with Crippen molar-refractivity contribution in [1.82, 2.24) is 4.98 Å². The number of rotatable bonds is 3. The van der Waals surface area contributed by atoms with Gasteiger partial charge in [0.25, 0.3) is 0 Å². The maximum absolute atomic E-state index is 11.0. The number of H-pyrrole nitrogens is 1. The van der Waals surface area contributed by atoms with Gasteiger partial charge in [0.1, 0.15) is 5.75 Å². The number of carboxylic acids is 1. The van der Waals surface area contributed by atoms with Crippen LogP contribution in [0.3, 0.4) is 0 Å². The summed E-state index contributed by atoms with van der Waals surface area (Å²) in [6.07, 6.45) is 0. The number of methoxy groups -OCH3 is 1. The van der Waals surface area contributed by atoms with Crippen LogP contribution in [0.15, 0.2) is 36.4 Å². The number of hydrogen-bond acceptors (Lipinski definition) is 2. The van der Waals surface area contributed by atoms with Crippen molar-refractivity contribution in [1.29, 1.82) is 0 Å². The summed E-state index contributed by atoms with van der Waals surface area (Å²) in [5.74, 6) is -0.524. The fourth-order valence-corrected chi connectivity index (χ4v) is 2.65. The molecule has 0 spiro atoms. The summed E-state index contributed by atoms with van der Waals surface area (Å²) in [7, 11) is 1.50. The van der Waals surface area contributed by atoms with Gasteiger partial charge in [-0.25, -0.2) is 4.79 Å². The molecule has 0 saturated heterocycles. The Hall–Kier alpha value is -2.17. The highest BCUT2D eigenvalue weighted by Crippen LogP contribution is 2.35. The van der Waals surface area contributed by atoms with E-state index in [2.05, 4.69) is 4.98 Å². The van der Waals surface area contributed by atoms with E-state index in [9.17, 15) is 4.79 Å². The number of carboxylic acid groups (broad SMARTS) is 1. The number of nitrogens with one attached hydrogen (secondary N) is 1. The lowest BCUT2D eigenvalue weighted by molar-refractivity contribution is 0.0696. The normalized spacial score (nSPS) is 10.9. The number of aromatic amines is 1. The summed E-state index contributed by atoms with van der Waals surface area (Å²) in [6, 6.07) is 10.2. The minimum Gasteiger partial charge on any atom is -0.496 e. The van der Waals surface area contributed by atoms with Gasteiger partial charge < -0.3 is 14.8 Å². The van der Waals surface area contributed by atoms with E-state index in [1.165, 1.54) is 19.2 Å². The first-order valence-corrected chi connectivity index (χ1v) is 7.14. The first kappa shape index (κ1) is 14.8. The highest BCUT2D eigenvalue weighted by atomic mass is 35.5. The highest BCUT2D eigenvalue weighted by Gasteiger charge is 2.13. The van der Waals surface area contributed by atoms with Gasteiger partial charge in [-0.1, -0.05) is 23.2 Å². The lowest BCUT2D eigenvalue weighted by Gasteiger charge is -2.07. The summed E-state index contributed by atoms with van der Waals surface area (Å²) < 4.78 is 5.30. The number of ether oxygens (including phenoxy) is 1. The molecule has 1 heterocycles. The maximum atomic E-state index is 11.0. The molecule has 22 heavy (non-hydrogen) atoms. The minimum atomic E-state index is -1.000. The molecule has 2 aromatic carbocycles. The van der Waals surface area contributed by atoms with Crippen molar-refractivity contribution in [3.8, 4) is 17.0 Å². The van der Waals surface area contributed by atoms with E-state index < -0.39 is 5.97 Å². The van der Waals surface area contributed by atoms with E-state index in [1.54, 1.807) is 18.2 Å². The van der Waals surface area contributed by atoms with Crippen molar-refractivity contribution in [2.24, 2.45) is 0 Å². The molecule has 112 valence electrons. The summed E-state index contributed by atoms with van der Waals surface area (Å²) >= 11 is 12.0. The Bertz CT molecular complexity index is 847. The van der Waals surface area contributed by atoms with Gasteiger partial charge in [-0.15, -0.1) is 0 Å². The molecular weight excluding hydrogens is 325 g/mol. The third-order valence-corrected chi connectivity index (χ3v) is 4.12. The molecule has 0 unspecified atom stereocenters. The van der Waals surface area contributed by atoms with Crippen molar-refractivity contribution in [3.05, 3.63) is 52.0 Å². The van der Waals surface area contributed by atoms with Crippen LogP contribution in [0, 0.1) is 0 Å². The Labute approximate surface area is 136 Å². The van der Waals surface area contributed by atoms with Gasteiger partial charge in [0.05, 0.1) is 28.4 Å². The zero-order valence-corrected chi connectivity index (χ0v) is 13.0. The largest absolute Gasteiger partial charge is 0.496 e. The number of fused-ring (bicyclic) bond motifs is 1. The third-order valence-electron chi connectivity index (χ3n) is 3.40.